The van der Waals surface area contributed by atoms with Gasteiger partial charge in [-0.25, -0.2) is 4.68 Å². The highest BCUT2D eigenvalue weighted by Gasteiger charge is 2.26. The molecule has 122 valence electrons. The van der Waals surface area contributed by atoms with Crippen LogP contribution in [0.3, 0.4) is 0 Å². The van der Waals surface area contributed by atoms with Gasteiger partial charge in [0.1, 0.15) is 0 Å². The van der Waals surface area contributed by atoms with E-state index >= 15 is 0 Å². The minimum Gasteiger partial charge on any atom is -0.337 e. The lowest BCUT2D eigenvalue weighted by atomic mass is 10.1. The predicted octanol–water partition coefficient (Wildman–Crippen LogP) is 1.28. The molecule has 1 fully saturated rings. The molecule has 1 unspecified atom stereocenters. The maximum Gasteiger partial charge on any atom is 0.229 e. The molecule has 2 heterocycles. The van der Waals surface area contributed by atoms with Gasteiger partial charge in [0.05, 0.1) is 23.5 Å². The van der Waals surface area contributed by atoms with Crippen LogP contribution in [0.1, 0.15) is 18.3 Å². The van der Waals surface area contributed by atoms with Crippen LogP contribution >= 0.6 is 0 Å². The molecule has 0 bridgehead atoms. The van der Waals surface area contributed by atoms with Crippen molar-refractivity contribution in [1.82, 2.24) is 24.8 Å². The third-order valence-electron chi connectivity index (χ3n) is 4.46. The number of para-hydroxylation sites is 1. The van der Waals surface area contributed by atoms with E-state index in [1.165, 1.54) is 0 Å². The second kappa shape index (κ2) is 6.50. The number of amides is 1. The van der Waals surface area contributed by atoms with Crippen LogP contribution in [0.15, 0.2) is 30.3 Å². The third kappa shape index (κ3) is 3.27. The number of likely N-dealkylation sites (N-methyl/N-ethyl adjacent to an activating group) is 1. The fourth-order valence-electron chi connectivity index (χ4n) is 3.09. The molecule has 0 N–H and O–H groups in total. The van der Waals surface area contributed by atoms with Crippen molar-refractivity contribution in [2.45, 2.75) is 26.3 Å². The molecule has 1 aliphatic heterocycles. The quantitative estimate of drug-likeness (QED) is 0.856. The van der Waals surface area contributed by atoms with Gasteiger partial charge in [-0.2, -0.15) is 0 Å². The molecule has 0 aliphatic carbocycles. The van der Waals surface area contributed by atoms with Crippen molar-refractivity contribution in [2.24, 2.45) is 0 Å². The second-order valence-electron chi connectivity index (χ2n) is 6.24. The lowest BCUT2D eigenvalue weighted by Gasteiger charge is -2.38. The average molecular weight is 313 g/mol. The van der Waals surface area contributed by atoms with Crippen molar-refractivity contribution in [3.63, 3.8) is 0 Å². The van der Waals surface area contributed by atoms with Crippen molar-refractivity contribution in [1.29, 1.82) is 0 Å². The van der Waals surface area contributed by atoms with Gasteiger partial charge in [0, 0.05) is 25.7 Å². The van der Waals surface area contributed by atoms with Gasteiger partial charge in [-0.05, 0) is 33.0 Å². The Morgan fingerprint density at radius 2 is 2.00 bits per heavy atom. The number of carbonyl (C=O) groups excluding carboxylic acids is 1. The van der Waals surface area contributed by atoms with Crippen LogP contribution in [0.25, 0.3) is 5.69 Å². The van der Waals surface area contributed by atoms with Gasteiger partial charge >= 0.3 is 0 Å². The number of benzene rings is 1. The van der Waals surface area contributed by atoms with Gasteiger partial charge in [-0.1, -0.05) is 23.4 Å². The molecule has 0 saturated carbocycles. The predicted molar refractivity (Wildman–Crippen MR) is 88.5 cm³/mol. The fraction of sp³-hybridized carbons (Fsp3) is 0.471. The molecule has 1 aliphatic rings. The molecule has 23 heavy (non-hydrogen) atoms. The highest BCUT2D eigenvalue weighted by atomic mass is 16.2. The Morgan fingerprint density at radius 1 is 1.26 bits per heavy atom. The van der Waals surface area contributed by atoms with Crippen molar-refractivity contribution in [3.05, 3.63) is 41.7 Å². The van der Waals surface area contributed by atoms with E-state index in [2.05, 4.69) is 29.2 Å². The Kier molecular flexibility index (Phi) is 4.43. The normalized spacial score (nSPS) is 19.1. The summed E-state index contributed by atoms with van der Waals surface area (Å²) in [7, 11) is 2.09. The Balaban J connectivity index is 1.74. The van der Waals surface area contributed by atoms with Crippen LogP contribution in [0, 0.1) is 6.92 Å². The molecule has 3 rings (SSSR count). The lowest BCUT2D eigenvalue weighted by molar-refractivity contribution is -0.134. The van der Waals surface area contributed by atoms with E-state index in [1.54, 1.807) is 4.68 Å². The summed E-state index contributed by atoms with van der Waals surface area (Å²) in [5.74, 6) is 0.133. The van der Waals surface area contributed by atoms with Crippen molar-refractivity contribution >= 4 is 5.91 Å². The summed E-state index contributed by atoms with van der Waals surface area (Å²) in [5, 5.41) is 8.42. The molecule has 1 aromatic heterocycles. The minimum atomic E-state index is 0.133. The monoisotopic (exact) mass is 313 g/mol. The number of aromatic nitrogens is 3. The van der Waals surface area contributed by atoms with Crippen LogP contribution in [0.4, 0.5) is 0 Å². The minimum absolute atomic E-state index is 0.133. The van der Waals surface area contributed by atoms with E-state index in [4.69, 9.17) is 0 Å². The first-order valence-corrected chi connectivity index (χ1v) is 8.01. The summed E-state index contributed by atoms with van der Waals surface area (Å²) >= 11 is 0. The number of rotatable bonds is 3. The summed E-state index contributed by atoms with van der Waals surface area (Å²) in [6.07, 6.45) is 0.312. The SMILES string of the molecule is Cc1c(CC(=O)N2CCN(C)CC2C)nnn1-c1ccccc1. The number of carbonyl (C=O) groups is 1. The fourth-order valence-corrected chi connectivity index (χ4v) is 3.09. The van der Waals surface area contributed by atoms with Gasteiger partial charge in [-0.3, -0.25) is 4.79 Å². The molecule has 1 aromatic carbocycles. The second-order valence-corrected chi connectivity index (χ2v) is 6.24. The van der Waals surface area contributed by atoms with Crippen LogP contribution in [-0.2, 0) is 11.2 Å². The summed E-state index contributed by atoms with van der Waals surface area (Å²) in [6.45, 7) is 6.68. The molecule has 1 saturated heterocycles. The Morgan fingerprint density at radius 3 is 2.70 bits per heavy atom. The van der Waals surface area contributed by atoms with E-state index in [-0.39, 0.29) is 11.9 Å². The highest BCUT2D eigenvalue weighted by molar-refractivity contribution is 5.79. The summed E-state index contributed by atoms with van der Waals surface area (Å²) < 4.78 is 1.79. The van der Waals surface area contributed by atoms with Crippen LogP contribution in [0.5, 0.6) is 0 Å². The van der Waals surface area contributed by atoms with Crippen molar-refractivity contribution in [2.75, 3.05) is 26.7 Å². The smallest absolute Gasteiger partial charge is 0.229 e. The molecule has 6 heteroatoms. The largest absolute Gasteiger partial charge is 0.337 e. The molecular weight excluding hydrogens is 290 g/mol. The zero-order valence-corrected chi connectivity index (χ0v) is 13.9. The lowest BCUT2D eigenvalue weighted by Crippen LogP contribution is -2.53. The zero-order valence-electron chi connectivity index (χ0n) is 13.9. The Hall–Kier alpha value is -2.21. The molecule has 0 spiro atoms. The number of piperazine rings is 1. The van der Waals surface area contributed by atoms with Gasteiger partial charge in [-0.15, -0.1) is 5.10 Å². The van der Waals surface area contributed by atoms with Gasteiger partial charge in [0.2, 0.25) is 5.91 Å². The van der Waals surface area contributed by atoms with E-state index in [9.17, 15) is 4.79 Å². The van der Waals surface area contributed by atoms with Gasteiger partial charge < -0.3 is 9.80 Å². The zero-order chi connectivity index (χ0) is 16.4. The van der Waals surface area contributed by atoms with Crippen LogP contribution in [0.2, 0.25) is 0 Å². The summed E-state index contributed by atoms with van der Waals surface area (Å²) in [5.41, 5.74) is 2.64. The topological polar surface area (TPSA) is 54.3 Å². The maximum absolute atomic E-state index is 12.6. The molecule has 0 radical (unpaired) electrons. The molecule has 1 atom stereocenters. The van der Waals surface area contributed by atoms with Crippen molar-refractivity contribution < 1.29 is 4.79 Å². The first-order chi connectivity index (χ1) is 11.1. The van der Waals surface area contributed by atoms with Crippen molar-refractivity contribution in [3.8, 4) is 5.69 Å². The van der Waals surface area contributed by atoms with E-state index in [1.807, 2.05) is 42.2 Å². The van der Waals surface area contributed by atoms with Crippen LogP contribution in [-0.4, -0.2) is 63.4 Å². The summed E-state index contributed by atoms with van der Waals surface area (Å²) in [6, 6.07) is 10.1. The first-order valence-electron chi connectivity index (χ1n) is 8.01. The number of hydrogen-bond donors (Lipinski definition) is 0. The average Bonchev–Trinajstić information content (AvgIpc) is 2.89. The van der Waals surface area contributed by atoms with Gasteiger partial charge in [0.25, 0.3) is 0 Å². The molecule has 1 amide bonds. The Labute approximate surface area is 136 Å². The van der Waals surface area contributed by atoms with E-state index in [0.717, 1.165) is 36.7 Å². The molecular formula is C17H23N5O. The van der Waals surface area contributed by atoms with Crippen LogP contribution < -0.4 is 0 Å². The third-order valence-corrected chi connectivity index (χ3v) is 4.46. The van der Waals surface area contributed by atoms with Gasteiger partial charge in [0.15, 0.2) is 0 Å². The maximum atomic E-state index is 12.6. The highest BCUT2D eigenvalue weighted by Crippen LogP contribution is 2.15. The Bertz CT molecular complexity index is 682. The van der Waals surface area contributed by atoms with E-state index in [0.29, 0.717) is 6.42 Å². The molecule has 6 nitrogen and oxygen atoms in total. The standard InChI is InChI=1S/C17H23N5O/c1-13-12-20(3)9-10-21(13)17(23)11-16-14(2)22(19-18-16)15-7-5-4-6-8-15/h4-8,13H,9-12H2,1-3H3. The van der Waals surface area contributed by atoms with E-state index < -0.39 is 0 Å². The number of hydrogen-bond acceptors (Lipinski definition) is 4. The molecule has 2 aromatic rings. The first kappa shape index (κ1) is 15.7. The number of nitrogens with zero attached hydrogens (tertiary/aromatic N) is 5. The summed E-state index contributed by atoms with van der Waals surface area (Å²) in [4.78, 5) is 16.8.